The number of hydrogen-bond acceptors (Lipinski definition) is 3. The summed E-state index contributed by atoms with van der Waals surface area (Å²) >= 11 is 0. The average molecular weight is 444 g/mol. The molecule has 0 heterocycles. The van der Waals surface area contributed by atoms with Crippen LogP contribution in [0, 0.1) is 0 Å². The fraction of sp³-hybridized carbons (Fsp3) is 0.367. The molecule has 0 saturated heterocycles. The zero-order valence-corrected chi connectivity index (χ0v) is 19.8. The lowest BCUT2D eigenvalue weighted by atomic mass is 9.88. The molecule has 0 aliphatic rings. The summed E-state index contributed by atoms with van der Waals surface area (Å²) in [4.78, 5) is 11.5. The van der Waals surface area contributed by atoms with E-state index in [-0.39, 0.29) is 5.97 Å². The standard InChI is InChI=1S/C30H37NO2/c1-2-33-30(32)20-10-14-25-12-9-13-26(24-25)15-11-22-31-23-21-29(27-16-5-3-6-17-27)28-18-7-4-8-19-28/h3-9,12-13,16-19,24,29,31H,2,10-11,14-15,20-23H2,1H3. The lowest BCUT2D eigenvalue weighted by Gasteiger charge is -2.18. The van der Waals surface area contributed by atoms with Gasteiger partial charge in [-0.05, 0) is 74.4 Å². The maximum atomic E-state index is 11.5. The number of ether oxygens (including phenoxy) is 1. The van der Waals surface area contributed by atoms with Crippen LogP contribution in [-0.4, -0.2) is 25.7 Å². The molecule has 0 fully saturated rings. The van der Waals surface area contributed by atoms with E-state index in [0.717, 1.165) is 45.2 Å². The van der Waals surface area contributed by atoms with Gasteiger partial charge in [0.1, 0.15) is 0 Å². The Kier molecular flexibility index (Phi) is 10.7. The van der Waals surface area contributed by atoms with E-state index in [1.165, 1.54) is 22.3 Å². The molecule has 0 aromatic heterocycles. The summed E-state index contributed by atoms with van der Waals surface area (Å²) in [7, 11) is 0. The van der Waals surface area contributed by atoms with Crippen molar-refractivity contribution in [1.29, 1.82) is 0 Å². The molecule has 3 aromatic rings. The van der Waals surface area contributed by atoms with Crippen LogP contribution >= 0.6 is 0 Å². The molecule has 174 valence electrons. The van der Waals surface area contributed by atoms with Crippen molar-refractivity contribution in [3.8, 4) is 0 Å². The van der Waals surface area contributed by atoms with Crippen LogP contribution < -0.4 is 5.32 Å². The lowest BCUT2D eigenvalue weighted by molar-refractivity contribution is -0.143. The lowest BCUT2D eigenvalue weighted by Crippen LogP contribution is -2.19. The van der Waals surface area contributed by atoms with E-state index in [9.17, 15) is 4.79 Å². The predicted octanol–water partition coefficient (Wildman–Crippen LogP) is 6.32. The molecule has 3 aromatic carbocycles. The fourth-order valence-corrected chi connectivity index (χ4v) is 4.30. The zero-order valence-electron chi connectivity index (χ0n) is 19.8. The molecule has 3 rings (SSSR count). The highest BCUT2D eigenvalue weighted by Gasteiger charge is 2.13. The van der Waals surface area contributed by atoms with Gasteiger partial charge in [-0.15, -0.1) is 0 Å². The van der Waals surface area contributed by atoms with Gasteiger partial charge in [0.2, 0.25) is 0 Å². The summed E-state index contributed by atoms with van der Waals surface area (Å²) in [5.74, 6) is 0.327. The maximum Gasteiger partial charge on any atom is 0.305 e. The Labute approximate surface area is 199 Å². The molecule has 3 nitrogen and oxygen atoms in total. The van der Waals surface area contributed by atoms with E-state index in [1.807, 2.05) is 6.92 Å². The Morgan fingerprint density at radius 3 is 2.00 bits per heavy atom. The van der Waals surface area contributed by atoms with Gasteiger partial charge in [-0.3, -0.25) is 4.79 Å². The van der Waals surface area contributed by atoms with Crippen molar-refractivity contribution in [3.63, 3.8) is 0 Å². The summed E-state index contributed by atoms with van der Waals surface area (Å²) in [5, 5.41) is 3.65. The summed E-state index contributed by atoms with van der Waals surface area (Å²) in [5.41, 5.74) is 5.44. The minimum atomic E-state index is -0.0958. The van der Waals surface area contributed by atoms with Gasteiger partial charge >= 0.3 is 5.97 Å². The third-order valence-corrected chi connectivity index (χ3v) is 5.98. The second-order valence-electron chi connectivity index (χ2n) is 8.49. The first kappa shape index (κ1) is 24.7. The van der Waals surface area contributed by atoms with Crippen LogP contribution in [0.2, 0.25) is 0 Å². The van der Waals surface area contributed by atoms with Crippen LogP contribution in [0.1, 0.15) is 60.8 Å². The minimum absolute atomic E-state index is 0.0958. The quantitative estimate of drug-likeness (QED) is 0.234. The fourth-order valence-electron chi connectivity index (χ4n) is 4.30. The number of nitrogens with one attached hydrogen (secondary N) is 1. The molecule has 0 unspecified atom stereocenters. The van der Waals surface area contributed by atoms with Gasteiger partial charge < -0.3 is 10.1 Å². The minimum Gasteiger partial charge on any atom is -0.466 e. The highest BCUT2D eigenvalue weighted by molar-refractivity contribution is 5.69. The van der Waals surface area contributed by atoms with E-state index in [4.69, 9.17) is 4.74 Å². The number of carbonyl (C=O) groups excluding carboxylic acids is 1. The summed E-state index contributed by atoms with van der Waals surface area (Å²) in [6, 6.07) is 30.4. The monoisotopic (exact) mass is 443 g/mol. The summed E-state index contributed by atoms with van der Waals surface area (Å²) in [6.07, 6.45) is 5.53. The van der Waals surface area contributed by atoms with Gasteiger partial charge in [0.15, 0.2) is 0 Å². The second-order valence-corrected chi connectivity index (χ2v) is 8.49. The zero-order chi connectivity index (χ0) is 23.1. The van der Waals surface area contributed by atoms with Crippen LogP contribution in [0.3, 0.4) is 0 Å². The number of esters is 1. The highest BCUT2D eigenvalue weighted by Crippen LogP contribution is 2.27. The molecular weight excluding hydrogens is 406 g/mol. The van der Waals surface area contributed by atoms with Crippen molar-refractivity contribution in [2.75, 3.05) is 19.7 Å². The Morgan fingerprint density at radius 2 is 1.39 bits per heavy atom. The largest absolute Gasteiger partial charge is 0.466 e. The first-order valence-electron chi connectivity index (χ1n) is 12.3. The maximum absolute atomic E-state index is 11.5. The van der Waals surface area contributed by atoms with E-state index in [2.05, 4.69) is 90.2 Å². The van der Waals surface area contributed by atoms with Gasteiger partial charge in [-0.2, -0.15) is 0 Å². The topological polar surface area (TPSA) is 38.3 Å². The van der Waals surface area contributed by atoms with E-state index in [0.29, 0.717) is 18.9 Å². The van der Waals surface area contributed by atoms with Crippen molar-refractivity contribution in [2.45, 2.75) is 51.4 Å². The van der Waals surface area contributed by atoms with Gasteiger partial charge in [-0.25, -0.2) is 0 Å². The molecule has 0 radical (unpaired) electrons. The van der Waals surface area contributed by atoms with Crippen molar-refractivity contribution in [1.82, 2.24) is 5.32 Å². The Balaban J connectivity index is 1.39. The number of aryl methyl sites for hydroxylation is 2. The number of benzene rings is 3. The third kappa shape index (κ3) is 8.86. The molecule has 0 saturated carbocycles. The molecule has 33 heavy (non-hydrogen) atoms. The number of hydrogen-bond donors (Lipinski definition) is 1. The highest BCUT2D eigenvalue weighted by atomic mass is 16.5. The molecular formula is C30H37NO2. The van der Waals surface area contributed by atoms with Crippen LogP contribution in [0.15, 0.2) is 84.9 Å². The number of carbonyl (C=O) groups is 1. The van der Waals surface area contributed by atoms with Gasteiger partial charge in [-0.1, -0.05) is 84.9 Å². The second kappa shape index (κ2) is 14.3. The molecule has 1 N–H and O–H groups in total. The van der Waals surface area contributed by atoms with E-state index >= 15 is 0 Å². The van der Waals surface area contributed by atoms with Crippen molar-refractivity contribution < 1.29 is 9.53 Å². The molecule has 0 bridgehead atoms. The van der Waals surface area contributed by atoms with E-state index in [1.54, 1.807) is 0 Å². The molecule has 0 atom stereocenters. The normalized spacial score (nSPS) is 11.0. The summed E-state index contributed by atoms with van der Waals surface area (Å²) in [6.45, 7) is 4.33. The van der Waals surface area contributed by atoms with Crippen molar-refractivity contribution in [3.05, 3.63) is 107 Å². The van der Waals surface area contributed by atoms with Crippen LogP contribution in [0.4, 0.5) is 0 Å². The SMILES string of the molecule is CCOC(=O)CCCc1cccc(CCCNCCC(c2ccccc2)c2ccccc2)c1. The summed E-state index contributed by atoms with van der Waals surface area (Å²) < 4.78 is 5.01. The van der Waals surface area contributed by atoms with Crippen molar-refractivity contribution in [2.24, 2.45) is 0 Å². The van der Waals surface area contributed by atoms with Gasteiger partial charge in [0, 0.05) is 12.3 Å². The molecule has 0 spiro atoms. The molecule has 3 heteroatoms. The number of rotatable bonds is 14. The van der Waals surface area contributed by atoms with Crippen LogP contribution in [-0.2, 0) is 22.4 Å². The van der Waals surface area contributed by atoms with Gasteiger partial charge in [0.25, 0.3) is 0 Å². The third-order valence-electron chi connectivity index (χ3n) is 5.98. The average Bonchev–Trinajstić information content (AvgIpc) is 2.85. The first-order valence-corrected chi connectivity index (χ1v) is 12.3. The van der Waals surface area contributed by atoms with Crippen LogP contribution in [0.25, 0.3) is 0 Å². The smallest absolute Gasteiger partial charge is 0.305 e. The van der Waals surface area contributed by atoms with Crippen molar-refractivity contribution >= 4 is 5.97 Å². The Bertz CT molecular complexity index is 900. The first-order chi connectivity index (χ1) is 16.3. The molecule has 0 amide bonds. The molecule has 0 aliphatic carbocycles. The van der Waals surface area contributed by atoms with Gasteiger partial charge in [0.05, 0.1) is 6.61 Å². The Hall–Kier alpha value is -2.91. The predicted molar refractivity (Wildman–Crippen MR) is 137 cm³/mol. The van der Waals surface area contributed by atoms with E-state index < -0.39 is 0 Å². The Morgan fingerprint density at radius 1 is 0.788 bits per heavy atom. The van der Waals surface area contributed by atoms with Crippen LogP contribution in [0.5, 0.6) is 0 Å². The molecule has 0 aliphatic heterocycles.